The number of para-hydroxylation sites is 2. The highest BCUT2D eigenvalue weighted by Gasteiger charge is 2.08. The second-order valence-electron chi connectivity index (χ2n) is 3.43. The molecule has 1 rings (SSSR count). The van der Waals surface area contributed by atoms with Gasteiger partial charge in [0.05, 0.1) is 12.8 Å². The van der Waals surface area contributed by atoms with Crippen LogP contribution in [0.2, 0.25) is 0 Å². The normalized spacial score (nSPS) is 11.2. The lowest BCUT2D eigenvalue weighted by Crippen LogP contribution is -2.24. The molecular weight excluding hydrogens is 228 g/mol. The number of benzene rings is 1. The number of amides is 1. The van der Waals surface area contributed by atoms with Crippen molar-refractivity contribution in [1.29, 1.82) is 0 Å². The molecule has 0 spiro atoms. The molecule has 1 aromatic rings. The molecular formula is C11H17ClN2O2. The first-order valence-electron chi connectivity index (χ1n) is 4.82. The number of rotatable bonds is 4. The lowest BCUT2D eigenvalue weighted by Gasteiger charge is -2.10. The molecule has 5 heteroatoms. The summed E-state index contributed by atoms with van der Waals surface area (Å²) < 4.78 is 5.11. The first-order chi connectivity index (χ1) is 7.13. The summed E-state index contributed by atoms with van der Waals surface area (Å²) in [5.74, 6) is 0.546. The van der Waals surface area contributed by atoms with Crippen molar-refractivity contribution in [3.05, 3.63) is 24.3 Å². The maximum absolute atomic E-state index is 11.4. The van der Waals surface area contributed by atoms with Crippen molar-refractivity contribution in [2.75, 3.05) is 12.4 Å². The Hall–Kier alpha value is -1.26. The molecule has 1 atom stereocenters. The van der Waals surface area contributed by atoms with E-state index in [4.69, 9.17) is 10.5 Å². The van der Waals surface area contributed by atoms with Gasteiger partial charge in [0.1, 0.15) is 5.75 Å². The van der Waals surface area contributed by atoms with E-state index >= 15 is 0 Å². The monoisotopic (exact) mass is 244 g/mol. The van der Waals surface area contributed by atoms with Crippen LogP contribution in [-0.4, -0.2) is 19.1 Å². The number of nitrogens with two attached hydrogens (primary N) is 1. The molecule has 1 aromatic carbocycles. The maximum atomic E-state index is 11.4. The molecule has 0 aliphatic heterocycles. The van der Waals surface area contributed by atoms with Gasteiger partial charge in [-0.1, -0.05) is 12.1 Å². The SMILES string of the molecule is COc1ccccc1NC(=O)CC(C)N.Cl. The van der Waals surface area contributed by atoms with E-state index in [1.165, 1.54) is 0 Å². The van der Waals surface area contributed by atoms with E-state index in [1.807, 2.05) is 12.1 Å². The first-order valence-corrected chi connectivity index (χ1v) is 4.82. The predicted octanol–water partition coefficient (Wildman–Crippen LogP) is 1.79. The van der Waals surface area contributed by atoms with E-state index in [-0.39, 0.29) is 24.4 Å². The fraction of sp³-hybridized carbons (Fsp3) is 0.364. The average Bonchev–Trinajstić information content (AvgIpc) is 2.17. The maximum Gasteiger partial charge on any atom is 0.226 e. The quantitative estimate of drug-likeness (QED) is 0.849. The Kier molecular flexibility index (Phi) is 6.53. The summed E-state index contributed by atoms with van der Waals surface area (Å²) in [5.41, 5.74) is 6.20. The van der Waals surface area contributed by atoms with Crippen LogP contribution in [0.1, 0.15) is 13.3 Å². The van der Waals surface area contributed by atoms with Crippen LogP contribution in [0.3, 0.4) is 0 Å². The molecule has 16 heavy (non-hydrogen) atoms. The van der Waals surface area contributed by atoms with Gasteiger partial charge in [-0.15, -0.1) is 12.4 Å². The lowest BCUT2D eigenvalue weighted by molar-refractivity contribution is -0.116. The summed E-state index contributed by atoms with van der Waals surface area (Å²) >= 11 is 0. The van der Waals surface area contributed by atoms with Crippen LogP contribution >= 0.6 is 12.4 Å². The molecule has 0 aliphatic carbocycles. The molecule has 0 saturated carbocycles. The van der Waals surface area contributed by atoms with Gasteiger partial charge in [-0.05, 0) is 19.1 Å². The number of halogens is 1. The molecule has 3 N–H and O–H groups in total. The van der Waals surface area contributed by atoms with Crippen molar-refractivity contribution in [2.24, 2.45) is 5.73 Å². The predicted molar refractivity (Wildman–Crippen MR) is 67.1 cm³/mol. The van der Waals surface area contributed by atoms with Crippen LogP contribution in [0.25, 0.3) is 0 Å². The van der Waals surface area contributed by atoms with Crippen LogP contribution in [0, 0.1) is 0 Å². The van der Waals surface area contributed by atoms with Gasteiger partial charge < -0.3 is 15.8 Å². The Morgan fingerprint density at radius 3 is 2.69 bits per heavy atom. The van der Waals surface area contributed by atoms with E-state index in [9.17, 15) is 4.79 Å². The number of methoxy groups -OCH3 is 1. The highest BCUT2D eigenvalue weighted by atomic mass is 35.5. The zero-order valence-electron chi connectivity index (χ0n) is 9.40. The Morgan fingerprint density at radius 2 is 2.12 bits per heavy atom. The number of anilines is 1. The topological polar surface area (TPSA) is 64.3 Å². The average molecular weight is 245 g/mol. The van der Waals surface area contributed by atoms with Crippen LogP contribution in [0.4, 0.5) is 5.69 Å². The minimum absolute atomic E-state index is 0. The van der Waals surface area contributed by atoms with E-state index in [2.05, 4.69) is 5.32 Å². The van der Waals surface area contributed by atoms with Crippen molar-refractivity contribution < 1.29 is 9.53 Å². The second-order valence-corrected chi connectivity index (χ2v) is 3.43. The summed E-state index contributed by atoms with van der Waals surface area (Å²) in [6.45, 7) is 1.79. The molecule has 0 fully saturated rings. The smallest absolute Gasteiger partial charge is 0.226 e. The summed E-state index contributed by atoms with van der Waals surface area (Å²) in [6.07, 6.45) is 0.304. The fourth-order valence-electron chi connectivity index (χ4n) is 1.24. The molecule has 0 aromatic heterocycles. The summed E-state index contributed by atoms with van der Waals surface area (Å²) in [6, 6.07) is 7.13. The summed E-state index contributed by atoms with van der Waals surface area (Å²) in [4.78, 5) is 11.4. The third-order valence-electron chi connectivity index (χ3n) is 1.89. The highest BCUT2D eigenvalue weighted by Crippen LogP contribution is 2.22. The largest absolute Gasteiger partial charge is 0.495 e. The van der Waals surface area contributed by atoms with Crippen molar-refractivity contribution in [1.82, 2.24) is 0 Å². The molecule has 0 aliphatic rings. The van der Waals surface area contributed by atoms with Gasteiger partial charge in [0.15, 0.2) is 0 Å². The van der Waals surface area contributed by atoms with Crippen molar-refractivity contribution >= 4 is 24.0 Å². The third-order valence-corrected chi connectivity index (χ3v) is 1.89. The van der Waals surface area contributed by atoms with Gasteiger partial charge >= 0.3 is 0 Å². The lowest BCUT2D eigenvalue weighted by atomic mass is 10.2. The molecule has 1 amide bonds. The zero-order valence-corrected chi connectivity index (χ0v) is 10.2. The number of hydrogen-bond acceptors (Lipinski definition) is 3. The van der Waals surface area contributed by atoms with Crippen LogP contribution < -0.4 is 15.8 Å². The highest BCUT2D eigenvalue weighted by molar-refractivity contribution is 5.92. The van der Waals surface area contributed by atoms with Gasteiger partial charge in [-0.3, -0.25) is 4.79 Å². The van der Waals surface area contributed by atoms with Gasteiger partial charge in [0, 0.05) is 12.5 Å². The van der Waals surface area contributed by atoms with Gasteiger partial charge in [0.2, 0.25) is 5.91 Å². The minimum atomic E-state index is -0.139. The molecule has 0 radical (unpaired) electrons. The number of carbonyl (C=O) groups excluding carboxylic acids is 1. The minimum Gasteiger partial charge on any atom is -0.495 e. The van der Waals surface area contributed by atoms with E-state index < -0.39 is 0 Å². The fourth-order valence-corrected chi connectivity index (χ4v) is 1.24. The second kappa shape index (κ2) is 7.09. The van der Waals surface area contributed by atoms with Crippen LogP contribution in [0.5, 0.6) is 5.75 Å². The molecule has 0 heterocycles. The summed E-state index contributed by atoms with van der Waals surface area (Å²) in [5, 5.41) is 2.75. The Balaban J connectivity index is 0.00000225. The van der Waals surface area contributed by atoms with Crippen molar-refractivity contribution in [3.8, 4) is 5.75 Å². The summed E-state index contributed by atoms with van der Waals surface area (Å²) in [7, 11) is 1.57. The van der Waals surface area contributed by atoms with Gasteiger partial charge in [-0.25, -0.2) is 0 Å². The van der Waals surface area contributed by atoms with E-state index in [1.54, 1.807) is 26.2 Å². The Bertz CT molecular complexity index is 343. The number of nitrogens with one attached hydrogen (secondary N) is 1. The molecule has 1 unspecified atom stereocenters. The standard InChI is InChI=1S/C11H16N2O2.ClH/c1-8(12)7-11(14)13-9-5-3-4-6-10(9)15-2;/h3-6,8H,7,12H2,1-2H3,(H,13,14);1H. The van der Waals surface area contributed by atoms with Gasteiger partial charge in [-0.2, -0.15) is 0 Å². The zero-order chi connectivity index (χ0) is 11.3. The van der Waals surface area contributed by atoms with E-state index in [0.717, 1.165) is 0 Å². The van der Waals surface area contributed by atoms with E-state index in [0.29, 0.717) is 17.9 Å². The van der Waals surface area contributed by atoms with Crippen LogP contribution in [0.15, 0.2) is 24.3 Å². The first kappa shape index (κ1) is 14.7. The number of hydrogen-bond donors (Lipinski definition) is 2. The van der Waals surface area contributed by atoms with Crippen LogP contribution in [-0.2, 0) is 4.79 Å². The number of ether oxygens (including phenoxy) is 1. The molecule has 90 valence electrons. The molecule has 0 saturated heterocycles. The Morgan fingerprint density at radius 1 is 1.50 bits per heavy atom. The third kappa shape index (κ3) is 4.51. The van der Waals surface area contributed by atoms with Crippen molar-refractivity contribution in [2.45, 2.75) is 19.4 Å². The number of carbonyl (C=O) groups is 1. The Labute approximate surface area is 102 Å². The molecule has 0 bridgehead atoms. The van der Waals surface area contributed by atoms with Crippen molar-refractivity contribution in [3.63, 3.8) is 0 Å². The molecule has 4 nitrogen and oxygen atoms in total. The van der Waals surface area contributed by atoms with Gasteiger partial charge in [0.25, 0.3) is 0 Å².